The summed E-state index contributed by atoms with van der Waals surface area (Å²) in [4.78, 5) is 22.5. The van der Waals surface area contributed by atoms with Gasteiger partial charge in [0.15, 0.2) is 0 Å². The lowest BCUT2D eigenvalue weighted by molar-refractivity contribution is -0.116. The molecule has 0 fully saturated rings. The number of para-hydroxylation sites is 1. The number of anilines is 1. The molecule has 0 saturated heterocycles. The van der Waals surface area contributed by atoms with E-state index >= 15 is 0 Å². The van der Waals surface area contributed by atoms with E-state index in [0.717, 1.165) is 6.07 Å². The van der Waals surface area contributed by atoms with Gasteiger partial charge in [0.05, 0.1) is 11.3 Å². The van der Waals surface area contributed by atoms with Crippen molar-refractivity contribution in [2.24, 2.45) is 0 Å². The molecular formula is C13H17FN2O3. The van der Waals surface area contributed by atoms with Crippen molar-refractivity contribution in [1.82, 2.24) is 5.32 Å². The fourth-order valence-electron chi connectivity index (χ4n) is 1.51. The molecular weight excluding hydrogens is 251 g/mol. The summed E-state index contributed by atoms with van der Waals surface area (Å²) < 4.78 is 13.5. The fraction of sp³-hybridized carbons (Fsp3) is 0.385. The van der Waals surface area contributed by atoms with Crippen LogP contribution < -0.4 is 10.6 Å². The highest BCUT2D eigenvalue weighted by Crippen LogP contribution is 2.19. The van der Waals surface area contributed by atoms with Crippen LogP contribution in [0.4, 0.5) is 10.1 Å². The number of benzene rings is 1. The number of rotatable bonds is 6. The lowest BCUT2D eigenvalue weighted by atomic mass is 10.1. The molecule has 5 nitrogen and oxygen atoms in total. The van der Waals surface area contributed by atoms with E-state index in [9.17, 15) is 14.0 Å². The Morgan fingerprint density at radius 2 is 2.05 bits per heavy atom. The largest absolute Gasteiger partial charge is 0.478 e. The summed E-state index contributed by atoms with van der Waals surface area (Å²) in [5.74, 6) is -2.47. The van der Waals surface area contributed by atoms with Gasteiger partial charge in [0.1, 0.15) is 5.82 Å². The summed E-state index contributed by atoms with van der Waals surface area (Å²) in [5, 5.41) is 14.3. The van der Waals surface area contributed by atoms with Gasteiger partial charge in [-0.3, -0.25) is 4.79 Å². The second-order valence-corrected chi connectivity index (χ2v) is 4.37. The average molecular weight is 268 g/mol. The summed E-state index contributed by atoms with van der Waals surface area (Å²) in [6, 6.07) is 3.88. The molecule has 104 valence electrons. The Kier molecular flexibility index (Phi) is 5.44. The molecule has 1 aromatic carbocycles. The SMILES string of the molecule is CC(C)NCCC(=O)Nc1c(F)cccc1C(=O)O. The Bertz CT molecular complexity index is 475. The van der Waals surface area contributed by atoms with Crippen molar-refractivity contribution in [3.63, 3.8) is 0 Å². The first-order valence-corrected chi connectivity index (χ1v) is 5.97. The number of nitrogens with one attached hydrogen (secondary N) is 2. The smallest absolute Gasteiger partial charge is 0.337 e. The van der Waals surface area contributed by atoms with E-state index in [-0.39, 0.29) is 23.7 Å². The highest BCUT2D eigenvalue weighted by atomic mass is 19.1. The minimum atomic E-state index is -1.28. The van der Waals surface area contributed by atoms with E-state index in [1.807, 2.05) is 13.8 Å². The average Bonchev–Trinajstić information content (AvgIpc) is 2.30. The van der Waals surface area contributed by atoms with Crippen molar-refractivity contribution < 1.29 is 19.1 Å². The number of hydrogen-bond acceptors (Lipinski definition) is 3. The lowest BCUT2D eigenvalue weighted by Gasteiger charge is -2.11. The number of hydrogen-bond donors (Lipinski definition) is 3. The standard InChI is InChI=1S/C13H17FN2O3/c1-8(2)15-7-6-11(17)16-12-9(13(18)19)4-3-5-10(12)14/h3-5,8,15H,6-7H2,1-2H3,(H,16,17)(H,18,19). The minimum Gasteiger partial charge on any atom is -0.478 e. The first kappa shape index (κ1) is 15.1. The molecule has 0 heterocycles. The molecule has 1 rings (SSSR count). The Hall–Kier alpha value is -1.95. The molecule has 6 heteroatoms. The van der Waals surface area contributed by atoms with Crippen LogP contribution in [-0.4, -0.2) is 29.6 Å². The zero-order valence-electron chi connectivity index (χ0n) is 10.9. The minimum absolute atomic E-state index is 0.144. The van der Waals surface area contributed by atoms with E-state index in [1.165, 1.54) is 12.1 Å². The lowest BCUT2D eigenvalue weighted by Crippen LogP contribution is -2.27. The van der Waals surface area contributed by atoms with Crippen LogP contribution in [-0.2, 0) is 4.79 Å². The van der Waals surface area contributed by atoms with Crippen molar-refractivity contribution in [2.45, 2.75) is 26.3 Å². The second kappa shape index (κ2) is 6.84. The van der Waals surface area contributed by atoms with Gasteiger partial charge in [-0.15, -0.1) is 0 Å². The van der Waals surface area contributed by atoms with E-state index < -0.39 is 17.7 Å². The predicted octanol–water partition coefficient (Wildman–Crippen LogP) is 1.85. The van der Waals surface area contributed by atoms with Crippen molar-refractivity contribution in [3.8, 4) is 0 Å². The molecule has 0 atom stereocenters. The molecule has 3 N–H and O–H groups in total. The van der Waals surface area contributed by atoms with Crippen LogP contribution in [0.2, 0.25) is 0 Å². The van der Waals surface area contributed by atoms with Gasteiger partial charge in [0.2, 0.25) is 5.91 Å². The molecule has 0 radical (unpaired) electrons. The van der Waals surface area contributed by atoms with Gasteiger partial charge in [-0.05, 0) is 12.1 Å². The van der Waals surface area contributed by atoms with Crippen molar-refractivity contribution >= 4 is 17.6 Å². The molecule has 0 spiro atoms. The monoisotopic (exact) mass is 268 g/mol. The number of carboxylic acid groups (broad SMARTS) is 1. The topological polar surface area (TPSA) is 78.4 Å². The number of amides is 1. The Balaban J connectivity index is 2.71. The first-order chi connectivity index (χ1) is 8.91. The molecule has 0 aromatic heterocycles. The highest BCUT2D eigenvalue weighted by Gasteiger charge is 2.16. The predicted molar refractivity (Wildman–Crippen MR) is 69.7 cm³/mol. The van der Waals surface area contributed by atoms with Gasteiger partial charge in [-0.2, -0.15) is 0 Å². The van der Waals surface area contributed by atoms with Crippen molar-refractivity contribution in [2.75, 3.05) is 11.9 Å². The van der Waals surface area contributed by atoms with E-state index in [2.05, 4.69) is 10.6 Å². The zero-order chi connectivity index (χ0) is 14.4. The summed E-state index contributed by atoms with van der Waals surface area (Å²) in [6.07, 6.45) is 0.144. The summed E-state index contributed by atoms with van der Waals surface area (Å²) in [6.45, 7) is 4.33. The highest BCUT2D eigenvalue weighted by molar-refractivity contribution is 6.00. The Morgan fingerprint density at radius 1 is 1.37 bits per heavy atom. The summed E-state index contributed by atoms with van der Waals surface area (Å²) in [5.41, 5.74) is -0.547. The normalized spacial score (nSPS) is 10.5. The third-order valence-electron chi connectivity index (χ3n) is 2.41. The fourth-order valence-corrected chi connectivity index (χ4v) is 1.51. The molecule has 0 aliphatic rings. The third-order valence-corrected chi connectivity index (χ3v) is 2.41. The molecule has 19 heavy (non-hydrogen) atoms. The molecule has 0 aliphatic heterocycles. The molecule has 1 aromatic rings. The Morgan fingerprint density at radius 3 is 2.63 bits per heavy atom. The molecule has 0 aliphatic carbocycles. The zero-order valence-corrected chi connectivity index (χ0v) is 10.9. The van der Waals surface area contributed by atoms with Crippen LogP contribution in [0.3, 0.4) is 0 Å². The van der Waals surface area contributed by atoms with Gasteiger partial charge in [-0.25, -0.2) is 9.18 Å². The van der Waals surface area contributed by atoms with Crippen LogP contribution in [0.25, 0.3) is 0 Å². The Labute approximate surface area is 110 Å². The van der Waals surface area contributed by atoms with Crippen LogP contribution in [0.5, 0.6) is 0 Å². The van der Waals surface area contributed by atoms with Crippen molar-refractivity contribution in [1.29, 1.82) is 0 Å². The van der Waals surface area contributed by atoms with Gasteiger partial charge in [-0.1, -0.05) is 19.9 Å². The van der Waals surface area contributed by atoms with Crippen LogP contribution in [0.1, 0.15) is 30.6 Å². The number of carbonyl (C=O) groups excluding carboxylic acids is 1. The maximum absolute atomic E-state index is 13.5. The van der Waals surface area contributed by atoms with Gasteiger partial charge < -0.3 is 15.7 Å². The third kappa shape index (κ3) is 4.67. The van der Waals surface area contributed by atoms with Gasteiger partial charge in [0.25, 0.3) is 0 Å². The summed E-state index contributed by atoms with van der Waals surface area (Å²) >= 11 is 0. The summed E-state index contributed by atoms with van der Waals surface area (Å²) in [7, 11) is 0. The van der Waals surface area contributed by atoms with Gasteiger partial charge in [0, 0.05) is 19.0 Å². The quantitative estimate of drug-likeness (QED) is 0.735. The number of carboxylic acids is 1. The maximum atomic E-state index is 13.5. The number of aromatic carboxylic acids is 1. The maximum Gasteiger partial charge on any atom is 0.337 e. The van der Waals surface area contributed by atoms with Crippen LogP contribution in [0.15, 0.2) is 18.2 Å². The molecule has 0 unspecified atom stereocenters. The van der Waals surface area contributed by atoms with Crippen LogP contribution in [0, 0.1) is 5.82 Å². The van der Waals surface area contributed by atoms with E-state index in [0.29, 0.717) is 6.54 Å². The number of halogens is 1. The van der Waals surface area contributed by atoms with E-state index in [4.69, 9.17) is 5.11 Å². The number of carbonyl (C=O) groups is 2. The second-order valence-electron chi connectivity index (χ2n) is 4.37. The molecule has 0 bridgehead atoms. The first-order valence-electron chi connectivity index (χ1n) is 5.97. The van der Waals surface area contributed by atoms with E-state index in [1.54, 1.807) is 0 Å². The molecule has 1 amide bonds. The van der Waals surface area contributed by atoms with Crippen LogP contribution >= 0.6 is 0 Å². The van der Waals surface area contributed by atoms with Crippen molar-refractivity contribution in [3.05, 3.63) is 29.6 Å². The van der Waals surface area contributed by atoms with Gasteiger partial charge >= 0.3 is 5.97 Å². The molecule has 0 saturated carbocycles.